The van der Waals surface area contributed by atoms with Gasteiger partial charge in [-0.2, -0.15) is 0 Å². The van der Waals surface area contributed by atoms with E-state index < -0.39 is 8.32 Å². The highest BCUT2D eigenvalue weighted by molar-refractivity contribution is 6.79. The normalized spacial score (nSPS) is 26.2. The monoisotopic (exact) mass is 234 g/mol. The van der Waals surface area contributed by atoms with Gasteiger partial charge in [-0.1, -0.05) is 41.6 Å². The van der Waals surface area contributed by atoms with E-state index in [-0.39, 0.29) is 12.7 Å². The van der Waals surface area contributed by atoms with E-state index in [2.05, 4.69) is 25.2 Å². The Morgan fingerprint density at radius 1 is 1.38 bits per heavy atom. The van der Waals surface area contributed by atoms with E-state index in [1.54, 1.807) is 0 Å². The molecule has 0 spiro atoms. The summed E-state index contributed by atoms with van der Waals surface area (Å²) in [5, 5.41) is 10.3. The van der Waals surface area contributed by atoms with Crippen LogP contribution in [-0.4, -0.2) is 20.0 Å². The maximum absolute atomic E-state index is 9.01. The molecule has 0 bridgehead atoms. The van der Waals surface area contributed by atoms with Crippen molar-refractivity contribution in [2.45, 2.75) is 25.6 Å². The molecule has 0 aliphatic carbocycles. The molecule has 0 saturated carbocycles. The van der Waals surface area contributed by atoms with Gasteiger partial charge in [-0.15, -0.1) is 0 Å². The molecule has 1 unspecified atom stereocenters. The minimum absolute atomic E-state index is 0.122. The van der Waals surface area contributed by atoms with Crippen molar-refractivity contribution in [2.75, 3.05) is 6.61 Å². The standard InChI is InChI=1S/C13H18O2Si/c1-16(2)12(8-9-14)10-13(15-16)11-6-4-3-5-7-11/h3-8,13-14H,9-10H2,1-2H3/b12-8+. The van der Waals surface area contributed by atoms with Crippen LogP contribution in [0.25, 0.3) is 0 Å². The summed E-state index contributed by atoms with van der Waals surface area (Å²) >= 11 is 0. The van der Waals surface area contributed by atoms with Gasteiger partial charge in [0.1, 0.15) is 0 Å². The molecule has 1 N–H and O–H groups in total. The van der Waals surface area contributed by atoms with E-state index in [0.29, 0.717) is 0 Å². The smallest absolute Gasteiger partial charge is 0.214 e. The van der Waals surface area contributed by atoms with E-state index in [9.17, 15) is 0 Å². The van der Waals surface area contributed by atoms with Gasteiger partial charge in [0.05, 0.1) is 12.7 Å². The molecule has 3 heteroatoms. The summed E-state index contributed by atoms with van der Waals surface area (Å²) in [7, 11) is -1.74. The van der Waals surface area contributed by atoms with Crippen LogP contribution in [0.5, 0.6) is 0 Å². The number of aliphatic hydroxyl groups is 1. The molecule has 1 aliphatic rings. The van der Waals surface area contributed by atoms with E-state index in [4.69, 9.17) is 9.53 Å². The number of benzene rings is 1. The second-order valence-electron chi connectivity index (χ2n) is 4.64. The third-order valence-corrected chi connectivity index (χ3v) is 5.95. The van der Waals surface area contributed by atoms with Gasteiger partial charge in [0, 0.05) is 0 Å². The van der Waals surface area contributed by atoms with Crippen molar-refractivity contribution in [3.63, 3.8) is 0 Å². The summed E-state index contributed by atoms with van der Waals surface area (Å²) in [6, 6.07) is 10.3. The van der Waals surface area contributed by atoms with Gasteiger partial charge in [-0.25, -0.2) is 0 Å². The molecule has 1 aliphatic heterocycles. The molecule has 16 heavy (non-hydrogen) atoms. The Morgan fingerprint density at radius 2 is 2.06 bits per heavy atom. The Kier molecular flexibility index (Phi) is 3.28. The number of aliphatic hydroxyl groups excluding tert-OH is 1. The van der Waals surface area contributed by atoms with Crippen LogP contribution in [0.15, 0.2) is 41.6 Å². The van der Waals surface area contributed by atoms with Crippen molar-refractivity contribution in [2.24, 2.45) is 0 Å². The van der Waals surface area contributed by atoms with E-state index >= 15 is 0 Å². The molecule has 1 aromatic rings. The average Bonchev–Trinajstić information content (AvgIpc) is 2.57. The largest absolute Gasteiger partial charge is 0.406 e. The number of rotatable bonds is 2. The molecule has 1 atom stereocenters. The Hall–Kier alpha value is -0.903. The van der Waals surface area contributed by atoms with Crippen LogP contribution in [0, 0.1) is 0 Å². The molecule has 0 radical (unpaired) electrons. The third-order valence-electron chi connectivity index (χ3n) is 3.12. The first-order valence-electron chi connectivity index (χ1n) is 5.66. The molecular formula is C13H18O2Si. The molecule has 1 saturated heterocycles. The maximum atomic E-state index is 9.01. The molecule has 1 heterocycles. The fourth-order valence-corrected chi connectivity index (χ4v) is 4.55. The second kappa shape index (κ2) is 4.53. The third kappa shape index (κ3) is 2.26. The molecule has 1 fully saturated rings. The summed E-state index contributed by atoms with van der Waals surface area (Å²) in [5.41, 5.74) is 1.24. The minimum Gasteiger partial charge on any atom is -0.406 e. The lowest BCUT2D eigenvalue weighted by atomic mass is 10.1. The van der Waals surface area contributed by atoms with Gasteiger partial charge in [0.15, 0.2) is 0 Å². The first-order chi connectivity index (χ1) is 7.63. The van der Waals surface area contributed by atoms with Crippen molar-refractivity contribution in [1.82, 2.24) is 0 Å². The predicted octanol–water partition coefficient (Wildman–Crippen LogP) is 2.81. The number of hydrogen-bond donors (Lipinski definition) is 1. The zero-order valence-corrected chi connectivity index (χ0v) is 10.8. The van der Waals surface area contributed by atoms with Crippen molar-refractivity contribution in [1.29, 1.82) is 0 Å². The Labute approximate surface area is 97.7 Å². The topological polar surface area (TPSA) is 29.5 Å². The zero-order valence-electron chi connectivity index (χ0n) is 9.81. The second-order valence-corrected chi connectivity index (χ2v) is 8.54. The molecule has 0 aromatic heterocycles. The Balaban J connectivity index is 2.21. The SMILES string of the molecule is C[Si]1(C)OC(c2ccccc2)C/C1=C\CO. The number of hydrogen-bond acceptors (Lipinski definition) is 2. The Bertz CT molecular complexity index is 384. The summed E-state index contributed by atoms with van der Waals surface area (Å²) in [6.45, 7) is 4.51. The molecular weight excluding hydrogens is 216 g/mol. The van der Waals surface area contributed by atoms with Gasteiger partial charge < -0.3 is 9.53 Å². The van der Waals surface area contributed by atoms with Crippen LogP contribution in [-0.2, 0) is 4.43 Å². The summed E-state index contributed by atoms with van der Waals surface area (Å²) in [5.74, 6) is 0. The minimum atomic E-state index is -1.74. The van der Waals surface area contributed by atoms with Crippen molar-refractivity contribution < 1.29 is 9.53 Å². The predicted molar refractivity (Wildman–Crippen MR) is 67.5 cm³/mol. The van der Waals surface area contributed by atoms with E-state index in [0.717, 1.165) is 6.42 Å². The van der Waals surface area contributed by atoms with Crippen LogP contribution in [0.2, 0.25) is 13.1 Å². The van der Waals surface area contributed by atoms with Gasteiger partial charge >= 0.3 is 0 Å². The molecule has 0 amide bonds. The van der Waals surface area contributed by atoms with Crippen LogP contribution in [0.4, 0.5) is 0 Å². The summed E-state index contributed by atoms with van der Waals surface area (Å²) < 4.78 is 6.16. The molecule has 2 rings (SSSR count). The van der Waals surface area contributed by atoms with Crippen molar-refractivity contribution >= 4 is 8.32 Å². The van der Waals surface area contributed by atoms with Crippen LogP contribution >= 0.6 is 0 Å². The summed E-state index contributed by atoms with van der Waals surface area (Å²) in [4.78, 5) is 0. The lowest BCUT2D eigenvalue weighted by Gasteiger charge is -2.18. The molecule has 2 nitrogen and oxygen atoms in total. The maximum Gasteiger partial charge on any atom is 0.214 e. The first-order valence-corrected chi connectivity index (χ1v) is 8.57. The summed E-state index contributed by atoms with van der Waals surface area (Å²) in [6.07, 6.45) is 3.04. The first kappa shape index (κ1) is 11.6. The zero-order chi connectivity index (χ0) is 11.6. The van der Waals surface area contributed by atoms with Gasteiger partial charge in [-0.05, 0) is 25.1 Å². The van der Waals surface area contributed by atoms with Crippen molar-refractivity contribution in [3.8, 4) is 0 Å². The highest BCUT2D eigenvalue weighted by atomic mass is 28.4. The average molecular weight is 234 g/mol. The lowest BCUT2D eigenvalue weighted by Crippen LogP contribution is -2.27. The fraction of sp³-hybridized carbons (Fsp3) is 0.385. The fourth-order valence-electron chi connectivity index (χ4n) is 2.21. The highest BCUT2D eigenvalue weighted by Crippen LogP contribution is 2.40. The Morgan fingerprint density at radius 3 is 2.69 bits per heavy atom. The molecule has 1 aromatic carbocycles. The lowest BCUT2D eigenvalue weighted by molar-refractivity contribution is 0.230. The molecule has 86 valence electrons. The quantitative estimate of drug-likeness (QED) is 0.797. The van der Waals surface area contributed by atoms with Gasteiger partial charge in [0.2, 0.25) is 8.32 Å². The van der Waals surface area contributed by atoms with Gasteiger partial charge in [0.25, 0.3) is 0 Å². The van der Waals surface area contributed by atoms with Gasteiger partial charge in [-0.3, -0.25) is 0 Å². The van der Waals surface area contributed by atoms with Crippen LogP contribution in [0.3, 0.4) is 0 Å². The van der Waals surface area contributed by atoms with Crippen molar-refractivity contribution in [3.05, 3.63) is 47.2 Å². The highest BCUT2D eigenvalue weighted by Gasteiger charge is 2.39. The van der Waals surface area contributed by atoms with E-state index in [1.807, 2.05) is 24.3 Å². The van der Waals surface area contributed by atoms with E-state index in [1.165, 1.54) is 10.8 Å². The van der Waals surface area contributed by atoms with Crippen LogP contribution < -0.4 is 0 Å². The van der Waals surface area contributed by atoms with Crippen LogP contribution in [0.1, 0.15) is 18.1 Å².